The maximum atomic E-state index is 11.9. The van der Waals surface area contributed by atoms with Crippen LogP contribution in [0, 0.1) is 11.8 Å². The summed E-state index contributed by atoms with van der Waals surface area (Å²) < 4.78 is 10.6. The molecular formula is C18H25NO4. The first-order chi connectivity index (χ1) is 11.1. The zero-order valence-electron chi connectivity index (χ0n) is 13.8. The number of hydrogen-bond acceptors (Lipinski definition) is 4. The van der Waals surface area contributed by atoms with Crippen molar-refractivity contribution in [2.45, 2.75) is 33.1 Å². The number of nitrogens with one attached hydrogen (secondary N) is 1. The van der Waals surface area contributed by atoms with Gasteiger partial charge in [-0.05, 0) is 49.4 Å². The second-order valence-corrected chi connectivity index (χ2v) is 6.27. The van der Waals surface area contributed by atoms with Crippen LogP contribution in [-0.4, -0.2) is 31.7 Å². The summed E-state index contributed by atoms with van der Waals surface area (Å²) in [5, 5.41) is 2.83. The Bertz CT molecular complexity index is 520. The lowest BCUT2D eigenvalue weighted by Crippen LogP contribution is -2.14. The van der Waals surface area contributed by atoms with E-state index in [1.807, 2.05) is 0 Å². The first-order valence-electron chi connectivity index (χ1n) is 8.22. The van der Waals surface area contributed by atoms with Crippen LogP contribution in [0.25, 0.3) is 0 Å². The normalized spacial score (nSPS) is 13.9. The average Bonchev–Trinajstić information content (AvgIpc) is 3.35. The van der Waals surface area contributed by atoms with Gasteiger partial charge in [-0.2, -0.15) is 0 Å². The Hall–Kier alpha value is -1.88. The molecule has 0 heterocycles. The number of carbonyl (C=O) groups is 2. The third-order valence-corrected chi connectivity index (χ3v) is 3.64. The van der Waals surface area contributed by atoms with E-state index in [0.29, 0.717) is 30.4 Å². The topological polar surface area (TPSA) is 64.6 Å². The van der Waals surface area contributed by atoms with Gasteiger partial charge in [-0.3, -0.25) is 4.79 Å². The van der Waals surface area contributed by atoms with E-state index in [-0.39, 0.29) is 24.4 Å². The van der Waals surface area contributed by atoms with E-state index < -0.39 is 0 Å². The fraction of sp³-hybridized carbons (Fsp3) is 0.556. The standard InChI is InChI=1S/C18H25NO4/c1-13(2)9-10-22-11-12-23-18(21)15-5-7-16(8-6-15)19-17(20)14-3-4-14/h5-8,13-14H,3-4,9-12H2,1-2H3,(H,19,20). The zero-order valence-corrected chi connectivity index (χ0v) is 13.8. The van der Waals surface area contributed by atoms with E-state index in [4.69, 9.17) is 9.47 Å². The third kappa shape index (κ3) is 6.40. The van der Waals surface area contributed by atoms with Crippen molar-refractivity contribution in [3.05, 3.63) is 29.8 Å². The van der Waals surface area contributed by atoms with Crippen LogP contribution in [0.1, 0.15) is 43.5 Å². The molecule has 1 N–H and O–H groups in total. The van der Waals surface area contributed by atoms with Gasteiger partial charge in [0.15, 0.2) is 0 Å². The molecule has 5 nitrogen and oxygen atoms in total. The summed E-state index contributed by atoms with van der Waals surface area (Å²) >= 11 is 0. The minimum absolute atomic E-state index is 0.0545. The van der Waals surface area contributed by atoms with E-state index in [1.165, 1.54) is 0 Å². The molecule has 1 aromatic rings. The average molecular weight is 319 g/mol. The van der Waals surface area contributed by atoms with Gasteiger partial charge in [-0.15, -0.1) is 0 Å². The molecule has 1 amide bonds. The number of benzene rings is 1. The summed E-state index contributed by atoms with van der Waals surface area (Å²) in [4.78, 5) is 23.5. The fourth-order valence-electron chi connectivity index (χ4n) is 1.98. The molecule has 0 bridgehead atoms. The van der Waals surface area contributed by atoms with Crippen molar-refractivity contribution in [1.82, 2.24) is 0 Å². The molecule has 1 aromatic carbocycles. The lowest BCUT2D eigenvalue weighted by Gasteiger charge is -2.08. The number of esters is 1. The van der Waals surface area contributed by atoms with E-state index in [0.717, 1.165) is 19.3 Å². The fourth-order valence-corrected chi connectivity index (χ4v) is 1.98. The van der Waals surface area contributed by atoms with Crippen molar-refractivity contribution in [1.29, 1.82) is 0 Å². The summed E-state index contributed by atoms with van der Waals surface area (Å²) in [6.45, 7) is 5.62. The highest BCUT2D eigenvalue weighted by molar-refractivity contribution is 5.95. The lowest BCUT2D eigenvalue weighted by atomic mass is 10.1. The van der Waals surface area contributed by atoms with E-state index in [2.05, 4.69) is 19.2 Å². The van der Waals surface area contributed by atoms with Crippen molar-refractivity contribution in [2.24, 2.45) is 11.8 Å². The molecule has 2 rings (SSSR count). The van der Waals surface area contributed by atoms with E-state index in [1.54, 1.807) is 24.3 Å². The summed E-state index contributed by atoms with van der Waals surface area (Å²) in [7, 11) is 0. The second-order valence-electron chi connectivity index (χ2n) is 6.27. The molecule has 0 spiro atoms. The molecule has 1 aliphatic rings. The first-order valence-corrected chi connectivity index (χ1v) is 8.22. The Morgan fingerprint density at radius 2 is 1.83 bits per heavy atom. The largest absolute Gasteiger partial charge is 0.460 e. The molecular weight excluding hydrogens is 294 g/mol. The number of anilines is 1. The molecule has 1 aliphatic carbocycles. The Kier molecular flexibility index (Phi) is 6.59. The lowest BCUT2D eigenvalue weighted by molar-refractivity contribution is -0.117. The summed E-state index contributed by atoms with van der Waals surface area (Å²) in [6.07, 6.45) is 2.94. The quantitative estimate of drug-likeness (QED) is 0.560. The van der Waals surface area contributed by atoms with Crippen LogP contribution in [0.15, 0.2) is 24.3 Å². The van der Waals surface area contributed by atoms with E-state index >= 15 is 0 Å². The Labute approximate surface area is 137 Å². The number of hydrogen-bond donors (Lipinski definition) is 1. The van der Waals surface area contributed by atoms with Gasteiger partial charge >= 0.3 is 5.97 Å². The highest BCUT2D eigenvalue weighted by atomic mass is 16.6. The van der Waals surface area contributed by atoms with Crippen LogP contribution < -0.4 is 5.32 Å². The summed E-state index contributed by atoms with van der Waals surface area (Å²) in [5.41, 5.74) is 1.17. The number of ether oxygens (including phenoxy) is 2. The van der Waals surface area contributed by atoms with E-state index in [9.17, 15) is 9.59 Å². The SMILES string of the molecule is CC(C)CCOCCOC(=O)c1ccc(NC(=O)C2CC2)cc1. The smallest absolute Gasteiger partial charge is 0.338 e. The maximum absolute atomic E-state index is 11.9. The molecule has 126 valence electrons. The van der Waals surface area contributed by atoms with Crippen LogP contribution in [0.5, 0.6) is 0 Å². The highest BCUT2D eigenvalue weighted by Crippen LogP contribution is 2.30. The molecule has 0 radical (unpaired) electrons. The molecule has 0 atom stereocenters. The molecule has 23 heavy (non-hydrogen) atoms. The van der Waals surface area contributed by atoms with Crippen molar-refractivity contribution in [3.8, 4) is 0 Å². The van der Waals surface area contributed by atoms with Crippen molar-refractivity contribution in [2.75, 3.05) is 25.1 Å². The van der Waals surface area contributed by atoms with Gasteiger partial charge in [0, 0.05) is 18.2 Å². The highest BCUT2D eigenvalue weighted by Gasteiger charge is 2.29. The van der Waals surface area contributed by atoms with Crippen molar-refractivity contribution >= 4 is 17.6 Å². The summed E-state index contributed by atoms with van der Waals surface area (Å²) in [5.74, 6) is 0.447. The van der Waals surface area contributed by atoms with Crippen molar-refractivity contribution in [3.63, 3.8) is 0 Å². The van der Waals surface area contributed by atoms with Gasteiger partial charge in [-0.1, -0.05) is 13.8 Å². The molecule has 0 aliphatic heterocycles. The van der Waals surface area contributed by atoms with Crippen LogP contribution in [0.3, 0.4) is 0 Å². The molecule has 1 saturated carbocycles. The molecule has 1 fully saturated rings. The van der Waals surface area contributed by atoms with Crippen LogP contribution in [0.2, 0.25) is 0 Å². The number of carbonyl (C=O) groups excluding carboxylic acids is 2. The van der Waals surface area contributed by atoms with Gasteiger partial charge in [0.05, 0.1) is 12.2 Å². The molecule has 5 heteroatoms. The second kappa shape index (κ2) is 8.67. The Morgan fingerprint density at radius 3 is 2.43 bits per heavy atom. The third-order valence-electron chi connectivity index (χ3n) is 3.64. The molecule has 0 saturated heterocycles. The van der Waals surface area contributed by atoms with Gasteiger partial charge < -0.3 is 14.8 Å². The Morgan fingerprint density at radius 1 is 1.13 bits per heavy atom. The number of amides is 1. The molecule has 0 aromatic heterocycles. The zero-order chi connectivity index (χ0) is 16.7. The Balaban J connectivity index is 1.67. The van der Waals surface area contributed by atoms with Gasteiger partial charge in [0.1, 0.15) is 6.61 Å². The van der Waals surface area contributed by atoms with Crippen LogP contribution in [0.4, 0.5) is 5.69 Å². The monoisotopic (exact) mass is 319 g/mol. The predicted molar refractivity (Wildman–Crippen MR) is 88.4 cm³/mol. The van der Waals surface area contributed by atoms with Crippen molar-refractivity contribution < 1.29 is 19.1 Å². The van der Waals surface area contributed by atoms with Crippen LogP contribution >= 0.6 is 0 Å². The van der Waals surface area contributed by atoms with Crippen LogP contribution in [-0.2, 0) is 14.3 Å². The minimum atomic E-state index is -0.377. The minimum Gasteiger partial charge on any atom is -0.460 e. The predicted octanol–water partition coefficient (Wildman–Crippen LogP) is 3.25. The summed E-state index contributed by atoms with van der Waals surface area (Å²) in [6, 6.07) is 6.75. The maximum Gasteiger partial charge on any atom is 0.338 e. The first kappa shape index (κ1) is 17.5. The van der Waals surface area contributed by atoms with Gasteiger partial charge in [-0.25, -0.2) is 4.79 Å². The number of rotatable bonds is 9. The van der Waals surface area contributed by atoms with Gasteiger partial charge in [0.25, 0.3) is 0 Å². The molecule has 0 unspecified atom stereocenters. The van der Waals surface area contributed by atoms with Gasteiger partial charge in [0.2, 0.25) is 5.91 Å².